The van der Waals surface area contributed by atoms with Gasteiger partial charge in [-0.15, -0.1) is 0 Å². The summed E-state index contributed by atoms with van der Waals surface area (Å²) in [7, 11) is 2.00. The molecule has 20 heavy (non-hydrogen) atoms. The average molecular weight is 275 g/mol. The highest BCUT2D eigenvalue weighted by molar-refractivity contribution is 5.26. The number of nitrogens with zero attached hydrogens (tertiary/aromatic N) is 4. The smallest absolute Gasteiger partial charge is 0.126 e. The molecule has 1 atom stereocenters. The van der Waals surface area contributed by atoms with Crippen LogP contribution >= 0.6 is 0 Å². The van der Waals surface area contributed by atoms with E-state index in [4.69, 9.17) is 0 Å². The largest absolute Gasteiger partial charge is 0.334 e. The van der Waals surface area contributed by atoms with Gasteiger partial charge in [-0.05, 0) is 39.3 Å². The highest BCUT2D eigenvalue weighted by atomic mass is 15.3. The first-order valence-electron chi connectivity index (χ1n) is 7.31. The minimum Gasteiger partial charge on any atom is -0.334 e. The minimum atomic E-state index is 0.233. The summed E-state index contributed by atoms with van der Waals surface area (Å²) in [5, 5.41) is 8.06. The second-order valence-corrected chi connectivity index (χ2v) is 5.16. The summed E-state index contributed by atoms with van der Waals surface area (Å²) < 4.78 is 4.16. The molecule has 0 saturated heterocycles. The Hall–Kier alpha value is -1.62. The van der Waals surface area contributed by atoms with Gasteiger partial charge in [-0.25, -0.2) is 4.98 Å². The minimum absolute atomic E-state index is 0.233. The standard InChI is InChI=1S/C15H25N5/c1-6-16-14(15-17-8-9-20(15)7-2)10-13-11(3)18-19(5)12(13)4/h8-9,14,16H,6-7,10H2,1-5H3. The Bertz CT molecular complexity index is 567. The van der Waals surface area contributed by atoms with Gasteiger partial charge >= 0.3 is 0 Å². The van der Waals surface area contributed by atoms with Crippen LogP contribution in [0.1, 0.15) is 42.7 Å². The van der Waals surface area contributed by atoms with Crippen LogP contribution in [0.3, 0.4) is 0 Å². The van der Waals surface area contributed by atoms with E-state index in [-0.39, 0.29) is 6.04 Å². The number of rotatable bonds is 6. The number of aryl methyl sites for hydroxylation is 3. The molecule has 0 amide bonds. The van der Waals surface area contributed by atoms with Crippen LogP contribution in [0.5, 0.6) is 0 Å². The molecule has 110 valence electrons. The van der Waals surface area contributed by atoms with Gasteiger partial charge < -0.3 is 9.88 Å². The summed E-state index contributed by atoms with van der Waals surface area (Å²) in [4.78, 5) is 4.54. The summed E-state index contributed by atoms with van der Waals surface area (Å²) in [5.74, 6) is 1.11. The summed E-state index contributed by atoms with van der Waals surface area (Å²) in [5.41, 5.74) is 3.67. The number of imidazole rings is 1. The van der Waals surface area contributed by atoms with E-state index in [0.29, 0.717) is 0 Å². The Morgan fingerprint density at radius 1 is 1.30 bits per heavy atom. The molecule has 0 aliphatic rings. The van der Waals surface area contributed by atoms with Gasteiger partial charge in [0.05, 0.1) is 11.7 Å². The lowest BCUT2D eigenvalue weighted by molar-refractivity contribution is 0.494. The Morgan fingerprint density at radius 2 is 2.05 bits per heavy atom. The highest BCUT2D eigenvalue weighted by Crippen LogP contribution is 2.21. The van der Waals surface area contributed by atoms with Crippen molar-refractivity contribution in [2.75, 3.05) is 6.54 Å². The molecule has 0 radical (unpaired) electrons. The Balaban J connectivity index is 2.30. The molecule has 2 heterocycles. The Kier molecular flexibility index (Phi) is 4.60. The number of hydrogen-bond acceptors (Lipinski definition) is 3. The van der Waals surface area contributed by atoms with Crippen LogP contribution in [0, 0.1) is 13.8 Å². The van der Waals surface area contributed by atoms with Crippen molar-refractivity contribution in [3.05, 3.63) is 35.2 Å². The molecule has 5 heteroatoms. The molecule has 0 spiro atoms. The molecular formula is C15H25N5. The Morgan fingerprint density at radius 3 is 2.60 bits per heavy atom. The molecular weight excluding hydrogens is 250 g/mol. The molecule has 5 nitrogen and oxygen atoms in total. The first-order valence-corrected chi connectivity index (χ1v) is 7.31. The molecule has 0 bridgehead atoms. The third-order valence-corrected chi connectivity index (χ3v) is 3.92. The van der Waals surface area contributed by atoms with Crippen molar-refractivity contribution in [1.82, 2.24) is 24.6 Å². The monoisotopic (exact) mass is 275 g/mol. The molecule has 0 aromatic carbocycles. The van der Waals surface area contributed by atoms with Gasteiger partial charge in [0.25, 0.3) is 0 Å². The second kappa shape index (κ2) is 6.22. The van der Waals surface area contributed by atoms with E-state index in [2.05, 4.69) is 47.7 Å². The predicted molar refractivity (Wildman–Crippen MR) is 80.7 cm³/mol. The normalized spacial score (nSPS) is 12.8. The first-order chi connectivity index (χ1) is 9.58. The molecule has 0 aliphatic carbocycles. The zero-order valence-corrected chi connectivity index (χ0v) is 13.1. The van der Waals surface area contributed by atoms with Crippen LogP contribution in [0.15, 0.2) is 12.4 Å². The maximum absolute atomic E-state index is 4.54. The number of likely N-dealkylation sites (N-methyl/N-ethyl adjacent to an activating group) is 1. The van der Waals surface area contributed by atoms with Crippen molar-refractivity contribution < 1.29 is 0 Å². The predicted octanol–water partition coefficient (Wildman–Crippen LogP) is 2.15. The zero-order chi connectivity index (χ0) is 14.7. The van der Waals surface area contributed by atoms with Crippen molar-refractivity contribution in [2.24, 2.45) is 7.05 Å². The van der Waals surface area contributed by atoms with E-state index in [1.54, 1.807) is 0 Å². The van der Waals surface area contributed by atoms with Crippen molar-refractivity contribution in [2.45, 2.75) is 46.7 Å². The van der Waals surface area contributed by atoms with Crippen LogP contribution in [0.4, 0.5) is 0 Å². The van der Waals surface area contributed by atoms with E-state index in [1.807, 2.05) is 24.1 Å². The van der Waals surface area contributed by atoms with Crippen LogP contribution in [-0.2, 0) is 20.0 Å². The maximum Gasteiger partial charge on any atom is 0.126 e. The highest BCUT2D eigenvalue weighted by Gasteiger charge is 2.20. The molecule has 1 unspecified atom stereocenters. The van der Waals surface area contributed by atoms with Crippen molar-refractivity contribution >= 4 is 0 Å². The van der Waals surface area contributed by atoms with Gasteiger partial charge in [-0.3, -0.25) is 4.68 Å². The first kappa shape index (κ1) is 14.8. The topological polar surface area (TPSA) is 47.7 Å². The van der Waals surface area contributed by atoms with Gasteiger partial charge in [-0.2, -0.15) is 5.10 Å². The van der Waals surface area contributed by atoms with Crippen LogP contribution < -0.4 is 5.32 Å². The molecule has 2 rings (SSSR count). The van der Waals surface area contributed by atoms with Gasteiger partial charge in [0.1, 0.15) is 5.82 Å². The quantitative estimate of drug-likeness (QED) is 0.878. The van der Waals surface area contributed by atoms with Crippen LogP contribution in [0.2, 0.25) is 0 Å². The molecule has 0 saturated carbocycles. The zero-order valence-electron chi connectivity index (χ0n) is 13.1. The molecule has 2 aromatic rings. The number of hydrogen-bond donors (Lipinski definition) is 1. The summed E-state index contributed by atoms with van der Waals surface area (Å²) in [6.45, 7) is 10.4. The van der Waals surface area contributed by atoms with Crippen molar-refractivity contribution in [3.8, 4) is 0 Å². The van der Waals surface area contributed by atoms with Gasteiger partial charge in [0.15, 0.2) is 0 Å². The Labute approximate surface area is 121 Å². The summed E-state index contributed by atoms with van der Waals surface area (Å²) in [6.07, 6.45) is 4.85. The van der Waals surface area contributed by atoms with Crippen LogP contribution in [-0.4, -0.2) is 25.9 Å². The number of nitrogens with one attached hydrogen (secondary N) is 1. The lowest BCUT2D eigenvalue weighted by Crippen LogP contribution is -2.26. The second-order valence-electron chi connectivity index (χ2n) is 5.16. The fourth-order valence-corrected chi connectivity index (χ4v) is 2.72. The van der Waals surface area contributed by atoms with Gasteiger partial charge in [-0.1, -0.05) is 6.92 Å². The van der Waals surface area contributed by atoms with E-state index in [0.717, 1.165) is 31.0 Å². The van der Waals surface area contributed by atoms with E-state index in [1.165, 1.54) is 11.3 Å². The van der Waals surface area contributed by atoms with E-state index < -0.39 is 0 Å². The lowest BCUT2D eigenvalue weighted by atomic mass is 10.0. The van der Waals surface area contributed by atoms with Gasteiger partial charge in [0, 0.05) is 31.7 Å². The fraction of sp³-hybridized carbons (Fsp3) is 0.600. The molecule has 0 aliphatic heterocycles. The third-order valence-electron chi connectivity index (χ3n) is 3.92. The molecule has 1 N–H and O–H groups in total. The average Bonchev–Trinajstić information content (AvgIpc) is 2.98. The van der Waals surface area contributed by atoms with Crippen molar-refractivity contribution in [3.63, 3.8) is 0 Å². The molecule has 2 aromatic heterocycles. The maximum atomic E-state index is 4.54. The van der Waals surface area contributed by atoms with Gasteiger partial charge in [0.2, 0.25) is 0 Å². The van der Waals surface area contributed by atoms with Crippen molar-refractivity contribution in [1.29, 1.82) is 0 Å². The van der Waals surface area contributed by atoms with Crippen LogP contribution in [0.25, 0.3) is 0 Å². The summed E-state index contributed by atoms with van der Waals surface area (Å²) >= 11 is 0. The SMILES string of the molecule is CCNC(Cc1c(C)nn(C)c1C)c1nccn1CC. The molecule has 0 fully saturated rings. The van der Waals surface area contributed by atoms with E-state index in [9.17, 15) is 0 Å². The fourth-order valence-electron chi connectivity index (χ4n) is 2.72. The third kappa shape index (κ3) is 2.77. The number of aromatic nitrogens is 4. The summed E-state index contributed by atoms with van der Waals surface area (Å²) in [6, 6.07) is 0.233. The van der Waals surface area contributed by atoms with E-state index >= 15 is 0 Å². The lowest BCUT2D eigenvalue weighted by Gasteiger charge is -2.19.